The summed E-state index contributed by atoms with van der Waals surface area (Å²) in [4.78, 5) is 27.6. The Kier molecular flexibility index (Phi) is 5.04. The lowest BCUT2D eigenvalue weighted by Crippen LogP contribution is -2.31. The highest BCUT2D eigenvalue weighted by molar-refractivity contribution is 9.10. The van der Waals surface area contributed by atoms with Crippen LogP contribution < -0.4 is 11.2 Å². The van der Waals surface area contributed by atoms with Crippen LogP contribution in [0.4, 0.5) is 0 Å². The molecule has 1 saturated carbocycles. The molecule has 3 heterocycles. The van der Waals surface area contributed by atoms with Gasteiger partial charge in [0.2, 0.25) is 0 Å². The van der Waals surface area contributed by atoms with E-state index in [-0.39, 0.29) is 32.6 Å². The molecule has 1 N–H and O–H groups in total. The number of halogens is 1. The highest BCUT2D eigenvalue weighted by Crippen LogP contribution is 2.52. The fraction of sp³-hybridized carbons (Fsp3) is 0.259. The van der Waals surface area contributed by atoms with Crippen LogP contribution in [0.15, 0.2) is 76.8 Å². The third-order valence-electron chi connectivity index (χ3n) is 7.13. The summed E-state index contributed by atoms with van der Waals surface area (Å²) >= 11 is 4.71. The van der Waals surface area contributed by atoms with Gasteiger partial charge >= 0.3 is 5.63 Å². The Hall–Kier alpha value is -2.77. The van der Waals surface area contributed by atoms with E-state index in [1.54, 1.807) is 10.6 Å². The first-order valence-corrected chi connectivity index (χ1v) is 13.0. The third kappa shape index (κ3) is 3.13. The summed E-state index contributed by atoms with van der Waals surface area (Å²) in [6, 6.07) is 15.4. The Balaban J connectivity index is 1.63. The normalized spacial score (nSPS) is 16.1. The SMILES string of the molecule is Cc1cccc(Sc2c(O)c3c(=O)n4c(cc3oc2=O)C2(CCCCC2)c2cc(Br)ccc2-4)c1. The smallest absolute Gasteiger partial charge is 0.354 e. The average Bonchev–Trinajstić information content (AvgIpc) is 3.06. The van der Waals surface area contributed by atoms with E-state index in [1.807, 2.05) is 43.3 Å². The maximum Gasteiger partial charge on any atom is 0.354 e. The highest BCUT2D eigenvalue weighted by Gasteiger charge is 2.45. The summed E-state index contributed by atoms with van der Waals surface area (Å²) in [5, 5.41) is 11.2. The summed E-state index contributed by atoms with van der Waals surface area (Å²) in [6.45, 7) is 1.96. The van der Waals surface area contributed by atoms with Gasteiger partial charge in [-0.25, -0.2) is 4.79 Å². The third-order valence-corrected chi connectivity index (χ3v) is 8.68. The number of hydrogen-bond donors (Lipinski definition) is 1. The molecule has 2 aromatic carbocycles. The second-order valence-electron chi connectivity index (χ2n) is 9.20. The minimum absolute atomic E-state index is 0.0251. The van der Waals surface area contributed by atoms with Crippen molar-refractivity contribution in [1.29, 1.82) is 0 Å². The number of benzene rings is 2. The monoisotopic (exact) mass is 535 g/mol. The fourth-order valence-electron chi connectivity index (χ4n) is 5.63. The molecule has 6 rings (SSSR count). The molecular formula is C27H22BrNO4S. The van der Waals surface area contributed by atoms with E-state index >= 15 is 0 Å². The average molecular weight is 536 g/mol. The number of pyridine rings is 1. The molecule has 0 atom stereocenters. The van der Waals surface area contributed by atoms with E-state index in [0.717, 1.165) is 75.7 Å². The summed E-state index contributed by atoms with van der Waals surface area (Å²) in [5.41, 5.74) is 2.68. The van der Waals surface area contributed by atoms with Crippen molar-refractivity contribution in [2.45, 2.75) is 54.2 Å². The molecule has 0 radical (unpaired) electrons. The van der Waals surface area contributed by atoms with Gasteiger partial charge in [-0.3, -0.25) is 9.36 Å². The van der Waals surface area contributed by atoms with Crippen LogP contribution in [0.3, 0.4) is 0 Å². The van der Waals surface area contributed by atoms with E-state index in [2.05, 4.69) is 22.0 Å². The van der Waals surface area contributed by atoms with Crippen molar-refractivity contribution in [1.82, 2.24) is 4.57 Å². The van der Waals surface area contributed by atoms with E-state index in [9.17, 15) is 14.7 Å². The minimum Gasteiger partial charge on any atom is -0.505 e. The van der Waals surface area contributed by atoms with Gasteiger partial charge in [0.25, 0.3) is 5.56 Å². The van der Waals surface area contributed by atoms with Gasteiger partial charge in [0.1, 0.15) is 15.9 Å². The van der Waals surface area contributed by atoms with Crippen molar-refractivity contribution in [3.05, 3.63) is 90.6 Å². The van der Waals surface area contributed by atoms with Crippen LogP contribution in [0.1, 0.15) is 48.9 Å². The van der Waals surface area contributed by atoms with E-state index in [1.165, 1.54) is 0 Å². The molecule has 1 aliphatic carbocycles. The lowest BCUT2D eigenvalue weighted by Gasteiger charge is -2.34. The highest BCUT2D eigenvalue weighted by atomic mass is 79.9. The van der Waals surface area contributed by atoms with Gasteiger partial charge in [-0.05, 0) is 55.7 Å². The first-order chi connectivity index (χ1) is 16.4. The van der Waals surface area contributed by atoms with Crippen LogP contribution in [0.25, 0.3) is 16.7 Å². The van der Waals surface area contributed by atoms with Gasteiger partial charge < -0.3 is 9.52 Å². The van der Waals surface area contributed by atoms with Crippen molar-refractivity contribution in [3.63, 3.8) is 0 Å². The van der Waals surface area contributed by atoms with Gasteiger partial charge in [0, 0.05) is 26.5 Å². The number of nitrogens with zero attached hydrogens (tertiary/aromatic N) is 1. The molecule has 172 valence electrons. The maximum atomic E-state index is 13.9. The van der Waals surface area contributed by atoms with E-state index in [4.69, 9.17) is 4.42 Å². The molecule has 1 fully saturated rings. The summed E-state index contributed by atoms with van der Waals surface area (Å²) in [6.07, 6.45) is 5.16. The van der Waals surface area contributed by atoms with Gasteiger partial charge in [-0.1, -0.05) is 64.7 Å². The summed E-state index contributed by atoms with van der Waals surface area (Å²) in [5.74, 6) is -0.318. The molecule has 1 aliphatic heterocycles. The van der Waals surface area contributed by atoms with Crippen molar-refractivity contribution in [3.8, 4) is 11.4 Å². The Morgan fingerprint density at radius 1 is 1.06 bits per heavy atom. The standard InChI is InChI=1S/C27H22BrNO4S/c1-15-6-5-7-17(12-15)34-24-23(30)22-20(33-26(24)32)14-21-27(10-3-2-4-11-27)18-13-16(28)8-9-19(18)29(21)25(22)31/h5-9,12-14,30H,2-4,10-11H2,1H3. The topological polar surface area (TPSA) is 72.4 Å². The molecule has 0 amide bonds. The number of aromatic hydroxyl groups is 1. The van der Waals surface area contributed by atoms with Crippen LogP contribution in [0.2, 0.25) is 0 Å². The van der Waals surface area contributed by atoms with Crippen molar-refractivity contribution < 1.29 is 9.52 Å². The summed E-state index contributed by atoms with van der Waals surface area (Å²) in [7, 11) is 0. The van der Waals surface area contributed by atoms with Crippen molar-refractivity contribution >= 4 is 38.7 Å². The zero-order chi connectivity index (χ0) is 23.6. The molecule has 2 aromatic heterocycles. The second-order valence-corrected chi connectivity index (χ2v) is 11.2. The molecule has 34 heavy (non-hydrogen) atoms. The first-order valence-electron chi connectivity index (χ1n) is 11.4. The molecule has 0 unspecified atom stereocenters. The van der Waals surface area contributed by atoms with Crippen LogP contribution in [-0.2, 0) is 5.41 Å². The molecule has 1 spiro atoms. The number of hydrogen-bond acceptors (Lipinski definition) is 5. The molecule has 0 saturated heterocycles. The summed E-state index contributed by atoms with van der Waals surface area (Å²) < 4.78 is 8.36. The zero-order valence-corrected chi connectivity index (χ0v) is 21.0. The van der Waals surface area contributed by atoms with Crippen LogP contribution in [0, 0.1) is 6.92 Å². The Bertz CT molecular complexity index is 1600. The number of rotatable bonds is 2. The fourth-order valence-corrected chi connectivity index (χ4v) is 6.94. The molecule has 2 aliphatic rings. The predicted molar refractivity (Wildman–Crippen MR) is 137 cm³/mol. The lowest BCUT2D eigenvalue weighted by atomic mass is 9.68. The number of aryl methyl sites for hydroxylation is 1. The van der Waals surface area contributed by atoms with E-state index < -0.39 is 5.63 Å². The lowest BCUT2D eigenvalue weighted by molar-refractivity contribution is 0.346. The molecule has 0 bridgehead atoms. The molecule has 5 nitrogen and oxygen atoms in total. The van der Waals surface area contributed by atoms with Crippen molar-refractivity contribution in [2.75, 3.05) is 0 Å². The first kappa shape index (κ1) is 21.7. The van der Waals surface area contributed by atoms with Crippen LogP contribution in [0.5, 0.6) is 5.75 Å². The predicted octanol–water partition coefficient (Wildman–Crippen LogP) is 6.44. The van der Waals surface area contributed by atoms with Gasteiger partial charge in [0.15, 0.2) is 5.75 Å². The van der Waals surface area contributed by atoms with Gasteiger partial charge in [-0.15, -0.1) is 0 Å². The largest absolute Gasteiger partial charge is 0.505 e. The van der Waals surface area contributed by atoms with Crippen molar-refractivity contribution in [2.24, 2.45) is 0 Å². The quantitative estimate of drug-likeness (QED) is 0.320. The maximum absolute atomic E-state index is 13.9. The number of fused-ring (bicyclic) bond motifs is 6. The Morgan fingerprint density at radius 2 is 1.85 bits per heavy atom. The molecule has 7 heteroatoms. The molecule has 4 aromatic rings. The van der Waals surface area contributed by atoms with Crippen LogP contribution >= 0.6 is 27.7 Å². The Morgan fingerprint density at radius 3 is 2.62 bits per heavy atom. The van der Waals surface area contributed by atoms with Crippen LogP contribution in [-0.4, -0.2) is 9.67 Å². The zero-order valence-electron chi connectivity index (χ0n) is 18.6. The Labute approximate surface area is 208 Å². The van der Waals surface area contributed by atoms with E-state index in [0.29, 0.717) is 0 Å². The second kappa shape index (κ2) is 7.89. The van der Waals surface area contributed by atoms with Gasteiger partial charge in [0.05, 0.1) is 5.69 Å². The number of aromatic nitrogens is 1. The van der Waals surface area contributed by atoms with Gasteiger partial charge in [-0.2, -0.15) is 0 Å². The molecular weight excluding hydrogens is 514 g/mol. The minimum atomic E-state index is -0.642.